The standard InChI is InChI=1S/C18H20ClN3O3/c1-22(2)16-9-8-12(11-20-16)18(24)21-15(10-17(23)25-3)13-6-4-5-7-14(13)19/h4-9,11,15H,10H2,1-3H3,(H,21,24)/t15-/m0/s1. The van der Waals surface area contributed by atoms with E-state index in [0.29, 0.717) is 16.1 Å². The Labute approximate surface area is 151 Å². The third-order valence-electron chi connectivity index (χ3n) is 3.65. The Balaban J connectivity index is 2.22. The van der Waals surface area contributed by atoms with E-state index in [1.54, 1.807) is 36.4 Å². The first kappa shape index (κ1) is 18.7. The predicted molar refractivity (Wildman–Crippen MR) is 96.9 cm³/mol. The molecule has 25 heavy (non-hydrogen) atoms. The highest BCUT2D eigenvalue weighted by molar-refractivity contribution is 6.31. The number of amides is 1. The third kappa shape index (κ3) is 4.93. The van der Waals surface area contributed by atoms with Gasteiger partial charge < -0.3 is 15.0 Å². The molecular weight excluding hydrogens is 342 g/mol. The van der Waals surface area contributed by atoms with Gasteiger partial charge in [-0.3, -0.25) is 9.59 Å². The molecule has 1 heterocycles. The summed E-state index contributed by atoms with van der Waals surface area (Å²) in [6, 6.07) is 9.89. The fourth-order valence-electron chi connectivity index (χ4n) is 2.27. The SMILES string of the molecule is COC(=O)C[C@H](NC(=O)c1ccc(N(C)C)nc1)c1ccccc1Cl. The second-order valence-corrected chi connectivity index (χ2v) is 6.03. The summed E-state index contributed by atoms with van der Waals surface area (Å²) in [5.41, 5.74) is 1.05. The lowest BCUT2D eigenvalue weighted by molar-refractivity contribution is -0.141. The summed E-state index contributed by atoms with van der Waals surface area (Å²) in [4.78, 5) is 30.3. The van der Waals surface area contributed by atoms with E-state index >= 15 is 0 Å². The summed E-state index contributed by atoms with van der Waals surface area (Å²) in [5, 5.41) is 3.30. The molecule has 0 aliphatic rings. The van der Waals surface area contributed by atoms with E-state index in [-0.39, 0.29) is 12.3 Å². The van der Waals surface area contributed by atoms with Crippen molar-refractivity contribution in [2.75, 3.05) is 26.1 Å². The number of anilines is 1. The van der Waals surface area contributed by atoms with Crippen LogP contribution in [0.4, 0.5) is 5.82 Å². The van der Waals surface area contributed by atoms with Crippen LogP contribution < -0.4 is 10.2 Å². The van der Waals surface area contributed by atoms with Crippen molar-refractivity contribution in [2.24, 2.45) is 0 Å². The number of methoxy groups -OCH3 is 1. The normalized spacial score (nSPS) is 11.5. The number of aromatic nitrogens is 1. The van der Waals surface area contributed by atoms with Crippen LogP contribution in [0.25, 0.3) is 0 Å². The number of nitrogens with zero attached hydrogens (tertiary/aromatic N) is 2. The first-order chi connectivity index (χ1) is 11.9. The Hall–Kier alpha value is -2.60. The van der Waals surface area contributed by atoms with E-state index < -0.39 is 12.0 Å². The maximum absolute atomic E-state index is 12.5. The molecule has 2 aromatic rings. The average molecular weight is 362 g/mol. The first-order valence-electron chi connectivity index (χ1n) is 7.68. The summed E-state index contributed by atoms with van der Waals surface area (Å²) in [6.45, 7) is 0. The highest BCUT2D eigenvalue weighted by Gasteiger charge is 2.21. The Bertz CT molecular complexity index is 747. The highest BCUT2D eigenvalue weighted by Crippen LogP contribution is 2.26. The monoisotopic (exact) mass is 361 g/mol. The van der Waals surface area contributed by atoms with Gasteiger partial charge in [0.15, 0.2) is 0 Å². The summed E-state index contributed by atoms with van der Waals surface area (Å²) in [5.74, 6) is -0.0355. The van der Waals surface area contributed by atoms with Gasteiger partial charge in [-0.2, -0.15) is 0 Å². The van der Waals surface area contributed by atoms with Gasteiger partial charge in [0.05, 0.1) is 25.1 Å². The van der Waals surface area contributed by atoms with E-state index in [1.807, 2.05) is 19.0 Å². The molecule has 1 N–H and O–H groups in total. The Morgan fingerprint density at radius 1 is 1.24 bits per heavy atom. The zero-order valence-corrected chi connectivity index (χ0v) is 15.1. The molecule has 0 spiro atoms. The zero-order valence-electron chi connectivity index (χ0n) is 14.3. The molecule has 0 aliphatic carbocycles. The van der Waals surface area contributed by atoms with Crippen molar-refractivity contribution >= 4 is 29.3 Å². The third-order valence-corrected chi connectivity index (χ3v) is 4.00. The van der Waals surface area contributed by atoms with Gasteiger partial charge in [0.2, 0.25) is 0 Å². The van der Waals surface area contributed by atoms with Gasteiger partial charge in [-0.1, -0.05) is 29.8 Å². The second kappa shape index (κ2) is 8.48. The van der Waals surface area contributed by atoms with Crippen molar-refractivity contribution in [1.29, 1.82) is 0 Å². The molecule has 0 saturated carbocycles. The van der Waals surface area contributed by atoms with E-state index in [2.05, 4.69) is 10.3 Å². The minimum Gasteiger partial charge on any atom is -0.469 e. The molecule has 0 fully saturated rings. The second-order valence-electron chi connectivity index (χ2n) is 5.63. The molecule has 132 valence electrons. The molecule has 1 amide bonds. The van der Waals surface area contributed by atoms with Crippen LogP contribution in [-0.4, -0.2) is 38.1 Å². The van der Waals surface area contributed by atoms with Crippen LogP contribution >= 0.6 is 11.6 Å². The first-order valence-corrected chi connectivity index (χ1v) is 8.05. The summed E-state index contributed by atoms with van der Waals surface area (Å²) < 4.78 is 4.72. The van der Waals surface area contributed by atoms with Crippen LogP contribution in [0.3, 0.4) is 0 Å². The minimum atomic E-state index is -0.595. The molecule has 0 unspecified atom stereocenters. The Morgan fingerprint density at radius 3 is 2.52 bits per heavy atom. The number of pyridine rings is 1. The number of esters is 1. The van der Waals surface area contributed by atoms with Crippen LogP contribution in [0.15, 0.2) is 42.6 Å². The zero-order chi connectivity index (χ0) is 18.4. The number of carbonyl (C=O) groups is 2. The average Bonchev–Trinajstić information content (AvgIpc) is 2.61. The van der Waals surface area contributed by atoms with Gasteiger partial charge in [-0.25, -0.2) is 4.98 Å². The molecule has 1 aromatic carbocycles. The molecule has 0 aliphatic heterocycles. The number of halogens is 1. The van der Waals surface area contributed by atoms with Crippen molar-refractivity contribution in [1.82, 2.24) is 10.3 Å². The van der Waals surface area contributed by atoms with Gasteiger partial charge in [0.25, 0.3) is 5.91 Å². The maximum Gasteiger partial charge on any atom is 0.307 e. The predicted octanol–water partition coefficient (Wildman–Crippen LogP) is 2.84. The van der Waals surface area contributed by atoms with Gasteiger partial charge >= 0.3 is 5.97 Å². The fourth-order valence-corrected chi connectivity index (χ4v) is 2.54. The van der Waals surface area contributed by atoms with Crippen LogP contribution in [0, 0.1) is 0 Å². The van der Waals surface area contributed by atoms with Crippen molar-refractivity contribution in [3.05, 3.63) is 58.7 Å². The topological polar surface area (TPSA) is 71.5 Å². The van der Waals surface area contributed by atoms with Crippen molar-refractivity contribution in [3.63, 3.8) is 0 Å². The van der Waals surface area contributed by atoms with Gasteiger partial charge in [0.1, 0.15) is 5.82 Å². The van der Waals surface area contributed by atoms with Crippen LogP contribution in [-0.2, 0) is 9.53 Å². The Kier molecular flexibility index (Phi) is 6.36. The van der Waals surface area contributed by atoms with E-state index in [1.165, 1.54) is 13.3 Å². The largest absolute Gasteiger partial charge is 0.469 e. The number of hydrogen-bond acceptors (Lipinski definition) is 5. The molecule has 0 bridgehead atoms. The molecule has 1 aromatic heterocycles. The molecule has 7 heteroatoms. The van der Waals surface area contributed by atoms with Crippen molar-refractivity contribution in [3.8, 4) is 0 Å². The van der Waals surface area contributed by atoms with E-state index in [9.17, 15) is 9.59 Å². The molecule has 6 nitrogen and oxygen atoms in total. The molecule has 0 radical (unpaired) electrons. The molecule has 2 rings (SSSR count). The van der Waals surface area contributed by atoms with Gasteiger partial charge in [-0.05, 0) is 23.8 Å². The maximum atomic E-state index is 12.5. The lowest BCUT2D eigenvalue weighted by atomic mass is 10.0. The van der Waals surface area contributed by atoms with E-state index in [4.69, 9.17) is 16.3 Å². The lowest BCUT2D eigenvalue weighted by Crippen LogP contribution is -2.30. The Morgan fingerprint density at radius 2 is 1.96 bits per heavy atom. The molecule has 1 atom stereocenters. The number of nitrogens with one attached hydrogen (secondary N) is 1. The quantitative estimate of drug-likeness (QED) is 0.801. The smallest absolute Gasteiger partial charge is 0.307 e. The number of ether oxygens (including phenoxy) is 1. The van der Waals surface area contributed by atoms with Gasteiger partial charge in [0, 0.05) is 25.3 Å². The lowest BCUT2D eigenvalue weighted by Gasteiger charge is -2.19. The number of rotatable bonds is 6. The number of benzene rings is 1. The summed E-state index contributed by atoms with van der Waals surface area (Å²) in [7, 11) is 5.04. The van der Waals surface area contributed by atoms with Gasteiger partial charge in [-0.15, -0.1) is 0 Å². The summed E-state index contributed by atoms with van der Waals surface area (Å²) in [6.07, 6.45) is 1.47. The molecule has 0 saturated heterocycles. The van der Waals surface area contributed by atoms with Crippen molar-refractivity contribution < 1.29 is 14.3 Å². The molecular formula is C18H20ClN3O3. The van der Waals surface area contributed by atoms with Crippen LogP contribution in [0.2, 0.25) is 5.02 Å². The highest BCUT2D eigenvalue weighted by atomic mass is 35.5. The van der Waals surface area contributed by atoms with E-state index in [0.717, 1.165) is 5.82 Å². The number of carbonyl (C=O) groups excluding carboxylic acids is 2. The van der Waals surface area contributed by atoms with Crippen LogP contribution in [0.1, 0.15) is 28.4 Å². The minimum absolute atomic E-state index is 0.0187. The van der Waals surface area contributed by atoms with Crippen LogP contribution in [0.5, 0.6) is 0 Å². The summed E-state index contributed by atoms with van der Waals surface area (Å²) >= 11 is 6.21. The number of hydrogen-bond donors (Lipinski definition) is 1. The van der Waals surface area contributed by atoms with Crippen molar-refractivity contribution in [2.45, 2.75) is 12.5 Å². The fraction of sp³-hybridized carbons (Fsp3) is 0.278.